The first-order valence-electron chi connectivity index (χ1n) is 10.1. The summed E-state index contributed by atoms with van der Waals surface area (Å²) in [5.41, 5.74) is 1.65. The molecule has 1 saturated heterocycles. The van der Waals surface area contributed by atoms with E-state index in [4.69, 9.17) is 10.00 Å². The molecule has 8 heteroatoms. The number of anilines is 1. The molecule has 0 radical (unpaired) electrons. The molecule has 162 valence electrons. The van der Waals surface area contributed by atoms with Crippen molar-refractivity contribution in [1.82, 2.24) is 4.31 Å². The van der Waals surface area contributed by atoms with Crippen molar-refractivity contribution in [1.29, 1.82) is 5.26 Å². The predicted molar refractivity (Wildman–Crippen MR) is 120 cm³/mol. The molecule has 1 fully saturated rings. The van der Waals surface area contributed by atoms with Gasteiger partial charge in [0.2, 0.25) is 10.0 Å². The Kier molecular flexibility index (Phi) is 6.21. The fourth-order valence-electron chi connectivity index (χ4n) is 3.52. The zero-order valence-corrected chi connectivity index (χ0v) is 18.0. The summed E-state index contributed by atoms with van der Waals surface area (Å²) in [5, 5.41) is 8.85. The summed E-state index contributed by atoms with van der Waals surface area (Å²) < 4.78 is 33.1. The molecular formula is C24H21N3O4S. The molecule has 0 saturated carbocycles. The highest BCUT2D eigenvalue weighted by Gasteiger charge is 2.29. The molecule has 7 nitrogen and oxygen atoms in total. The van der Waals surface area contributed by atoms with Crippen LogP contribution in [0.25, 0.3) is 0 Å². The van der Waals surface area contributed by atoms with Crippen molar-refractivity contribution in [3.8, 4) is 11.8 Å². The molecule has 1 aliphatic heterocycles. The topological polar surface area (TPSA) is 90.7 Å². The summed E-state index contributed by atoms with van der Waals surface area (Å²) in [6.07, 6.45) is 0. The lowest BCUT2D eigenvalue weighted by molar-refractivity contribution is 0.0734. The molecule has 0 amide bonds. The molecule has 0 aliphatic carbocycles. The van der Waals surface area contributed by atoms with E-state index in [1.165, 1.54) is 40.7 Å². The quantitative estimate of drug-likeness (QED) is 0.440. The molecule has 1 heterocycles. The second-order valence-electron chi connectivity index (χ2n) is 7.28. The van der Waals surface area contributed by atoms with E-state index in [0.29, 0.717) is 31.7 Å². The number of hydrogen-bond acceptors (Lipinski definition) is 6. The number of sulfonamides is 1. The Labute approximate surface area is 187 Å². The van der Waals surface area contributed by atoms with Crippen molar-refractivity contribution in [2.75, 3.05) is 31.1 Å². The normalized spacial score (nSPS) is 14.5. The van der Waals surface area contributed by atoms with E-state index >= 15 is 0 Å². The van der Waals surface area contributed by atoms with Crippen molar-refractivity contribution >= 4 is 21.7 Å². The highest BCUT2D eigenvalue weighted by atomic mass is 32.2. The number of nitrogens with zero attached hydrogens (tertiary/aromatic N) is 3. The van der Waals surface area contributed by atoms with Crippen LogP contribution in [0.3, 0.4) is 0 Å². The third-order valence-electron chi connectivity index (χ3n) is 5.26. The number of ether oxygens (including phenoxy) is 1. The second kappa shape index (κ2) is 9.22. The smallest absolute Gasteiger partial charge is 0.343 e. The number of rotatable bonds is 5. The summed E-state index contributed by atoms with van der Waals surface area (Å²) in [6.45, 7) is 1.89. The molecular weight excluding hydrogens is 426 g/mol. The summed E-state index contributed by atoms with van der Waals surface area (Å²) in [4.78, 5) is 14.7. The van der Waals surface area contributed by atoms with E-state index in [1.807, 2.05) is 36.4 Å². The lowest BCUT2D eigenvalue weighted by atomic mass is 10.2. The molecule has 3 aromatic carbocycles. The van der Waals surface area contributed by atoms with Crippen molar-refractivity contribution in [2.24, 2.45) is 0 Å². The van der Waals surface area contributed by atoms with Gasteiger partial charge in [-0.2, -0.15) is 9.57 Å². The number of carbonyl (C=O) groups is 1. The van der Waals surface area contributed by atoms with Gasteiger partial charge in [-0.15, -0.1) is 0 Å². The van der Waals surface area contributed by atoms with Crippen molar-refractivity contribution in [3.05, 3.63) is 90.0 Å². The number of nitriles is 1. The summed E-state index contributed by atoms with van der Waals surface area (Å²) in [7, 11) is -3.74. The van der Waals surface area contributed by atoms with Crippen LogP contribution < -0.4 is 9.64 Å². The first kappa shape index (κ1) is 21.6. The molecule has 0 unspecified atom stereocenters. The summed E-state index contributed by atoms with van der Waals surface area (Å²) >= 11 is 0. The summed E-state index contributed by atoms with van der Waals surface area (Å²) in [6, 6.07) is 23.9. The number of benzene rings is 3. The number of carbonyl (C=O) groups excluding carboxylic acids is 1. The number of para-hydroxylation sites is 1. The van der Waals surface area contributed by atoms with E-state index in [2.05, 4.69) is 4.90 Å². The SMILES string of the molecule is N#Cc1ccc(OC(=O)c2cccc(S(=O)(=O)N3CCN(c4ccccc4)CC3)c2)cc1. The molecule has 32 heavy (non-hydrogen) atoms. The first-order valence-corrected chi connectivity index (χ1v) is 11.5. The largest absolute Gasteiger partial charge is 0.423 e. The van der Waals surface area contributed by atoms with Crippen LogP contribution in [-0.4, -0.2) is 44.9 Å². The van der Waals surface area contributed by atoms with Gasteiger partial charge in [0, 0.05) is 31.9 Å². The molecule has 0 N–H and O–H groups in total. The van der Waals surface area contributed by atoms with Crippen molar-refractivity contribution in [3.63, 3.8) is 0 Å². The van der Waals surface area contributed by atoms with Gasteiger partial charge >= 0.3 is 5.97 Å². The van der Waals surface area contributed by atoms with Gasteiger partial charge in [0.1, 0.15) is 5.75 Å². The Morgan fingerprint density at radius 3 is 2.22 bits per heavy atom. The lowest BCUT2D eigenvalue weighted by Crippen LogP contribution is -2.48. The van der Waals surface area contributed by atoms with Crippen molar-refractivity contribution in [2.45, 2.75) is 4.90 Å². The second-order valence-corrected chi connectivity index (χ2v) is 9.22. The summed E-state index contributed by atoms with van der Waals surface area (Å²) in [5.74, 6) is -0.389. The van der Waals surface area contributed by atoms with Crippen LogP contribution in [0.4, 0.5) is 5.69 Å². The Hall–Kier alpha value is -3.67. The van der Waals surface area contributed by atoms with Gasteiger partial charge in [0.15, 0.2) is 0 Å². The van der Waals surface area contributed by atoms with Gasteiger partial charge in [-0.25, -0.2) is 13.2 Å². The lowest BCUT2D eigenvalue weighted by Gasteiger charge is -2.35. The number of esters is 1. The van der Waals surface area contributed by atoms with E-state index in [0.717, 1.165) is 5.69 Å². The number of hydrogen-bond donors (Lipinski definition) is 0. The maximum Gasteiger partial charge on any atom is 0.343 e. The zero-order chi connectivity index (χ0) is 22.6. The van der Waals surface area contributed by atoms with Gasteiger partial charge in [-0.1, -0.05) is 24.3 Å². The Morgan fingerprint density at radius 1 is 0.875 bits per heavy atom. The molecule has 0 atom stereocenters. The van der Waals surface area contributed by atoms with Crippen LogP contribution in [0.1, 0.15) is 15.9 Å². The van der Waals surface area contributed by atoms with E-state index in [-0.39, 0.29) is 16.2 Å². The van der Waals surface area contributed by atoms with Crippen molar-refractivity contribution < 1.29 is 17.9 Å². The average molecular weight is 448 g/mol. The predicted octanol–water partition coefficient (Wildman–Crippen LogP) is 3.29. The standard InChI is InChI=1S/C24H21N3O4S/c25-18-19-9-11-22(12-10-19)31-24(28)20-5-4-8-23(17-20)32(29,30)27-15-13-26(14-16-27)21-6-2-1-3-7-21/h1-12,17H,13-16H2. The van der Waals surface area contributed by atoms with Crippen LogP contribution >= 0.6 is 0 Å². The maximum atomic E-state index is 13.2. The molecule has 0 aromatic heterocycles. The Bertz CT molecular complexity index is 1240. The van der Waals surface area contributed by atoms with E-state index in [1.54, 1.807) is 12.1 Å². The van der Waals surface area contributed by atoms with Gasteiger partial charge < -0.3 is 9.64 Å². The van der Waals surface area contributed by atoms with Crippen LogP contribution in [-0.2, 0) is 10.0 Å². The van der Waals surface area contributed by atoms with Gasteiger partial charge in [-0.05, 0) is 54.6 Å². The van der Waals surface area contributed by atoms with E-state index < -0.39 is 16.0 Å². The third kappa shape index (κ3) is 4.64. The van der Waals surface area contributed by atoms with Gasteiger partial charge in [-0.3, -0.25) is 0 Å². The number of piperazine rings is 1. The minimum atomic E-state index is -3.74. The molecule has 4 rings (SSSR count). The molecule has 3 aromatic rings. The highest BCUT2D eigenvalue weighted by Crippen LogP contribution is 2.22. The first-order chi connectivity index (χ1) is 15.5. The third-order valence-corrected chi connectivity index (χ3v) is 7.16. The van der Waals surface area contributed by atoms with Crippen LogP contribution in [0, 0.1) is 11.3 Å². The monoisotopic (exact) mass is 447 g/mol. The maximum absolute atomic E-state index is 13.2. The molecule has 1 aliphatic rings. The molecule has 0 bridgehead atoms. The minimum absolute atomic E-state index is 0.0555. The molecule has 0 spiro atoms. The fourth-order valence-corrected chi connectivity index (χ4v) is 4.99. The highest BCUT2D eigenvalue weighted by molar-refractivity contribution is 7.89. The van der Waals surface area contributed by atoms with Gasteiger partial charge in [0.05, 0.1) is 22.1 Å². The van der Waals surface area contributed by atoms with Gasteiger partial charge in [0.25, 0.3) is 0 Å². The average Bonchev–Trinajstić information content (AvgIpc) is 2.85. The van der Waals surface area contributed by atoms with Crippen LogP contribution in [0.5, 0.6) is 5.75 Å². The fraction of sp³-hybridized carbons (Fsp3) is 0.167. The zero-order valence-electron chi connectivity index (χ0n) is 17.2. The Morgan fingerprint density at radius 2 is 1.56 bits per heavy atom. The van der Waals surface area contributed by atoms with E-state index in [9.17, 15) is 13.2 Å². The van der Waals surface area contributed by atoms with Crippen LogP contribution in [0.15, 0.2) is 83.8 Å². The minimum Gasteiger partial charge on any atom is -0.423 e. The van der Waals surface area contributed by atoms with Crippen LogP contribution in [0.2, 0.25) is 0 Å². The Balaban J connectivity index is 1.46.